The quantitative estimate of drug-likeness (QED) is 0.0146. The maximum Gasteiger partial charge on any atom is 0.472 e. The Morgan fingerprint density at radius 2 is 0.514 bits per heavy atom. The van der Waals surface area contributed by atoms with Gasteiger partial charge in [0.1, 0.15) is 25.4 Å². The topological polar surface area (TPSA) is 231 Å². The van der Waals surface area contributed by atoms with E-state index in [1.54, 1.807) is 0 Å². The van der Waals surface area contributed by atoms with Crippen molar-refractivity contribution in [2.75, 3.05) is 39.6 Å². The van der Waals surface area contributed by atoms with Gasteiger partial charge in [0.15, 0.2) is 6.10 Å². The molecule has 0 aromatic heterocycles. The minimum Gasteiger partial charge on any atom is -0.463 e. The molecule has 0 spiro atoms. The average molecular weight is 1540 g/mol. The van der Waals surface area contributed by atoms with Crippen LogP contribution in [0.1, 0.15) is 316 Å². The highest BCUT2D eigenvalue weighted by molar-refractivity contribution is 7.47. The molecule has 0 aliphatic heterocycles. The molecule has 0 amide bonds. The number of hydrogen-bond donors (Lipinski definition) is 4. The van der Waals surface area contributed by atoms with E-state index >= 15 is 0 Å². The Morgan fingerprint density at radius 1 is 0.271 bits per heavy atom. The van der Waals surface area contributed by atoms with E-state index in [0.717, 1.165) is 141 Å². The van der Waals surface area contributed by atoms with Gasteiger partial charge < -0.3 is 34.2 Å². The average Bonchev–Trinajstić information content (AvgIpc) is 0.939. The summed E-state index contributed by atoms with van der Waals surface area (Å²) in [5, 5.41) is 20.7. The minimum absolute atomic E-state index is 0.0291. The van der Waals surface area contributed by atoms with Crippen LogP contribution in [-0.2, 0) is 55.8 Å². The zero-order chi connectivity index (χ0) is 78.0. The molecule has 0 bridgehead atoms. The number of aliphatic hydroxyl groups excluding tert-OH is 2. The van der Waals surface area contributed by atoms with Crippen LogP contribution in [0, 0.1) is 0 Å². The molecule has 0 aliphatic rings. The predicted molar refractivity (Wildman–Crippen MR) is 445 cm³/mol. The third-order valence-electron chi connectivity index (χ3n) is 16.9. The van der Waals surface area contributed by atoms with E-state index in [-0.39, 0.29) is 19.3 Å². The third kappa shape index (κ3) is 81.7. The van der Waals surface area contributed by atoms with Crippen molar-refractivity contribution in [3.63, 3.8) is 0 Å². The first-order valence-corrected chi connectivity index (χ1v) is 44.4. The number of rotatable bonds is 77. The van der Waals surface area contributed by atoms with Crippen molar-refractivity contribution in [2.24, 2.45) is 0 Å². The van der Waals surface area contributed by atoms with E-state index in [2.05, 4.69) is 173 Å². The van der Waals surface area contributed by atoms with Crippen LogP contribution >= 0.6 is 15.6 Å². The Kier molecular flexibility index (Phi) is 76.6. The second-order valence-corrected chi connectivity index (χ2v) is 30.1. The van der Waals surface area contributed by atoms with Crippen LogP contribution in [0.15, 0.2) is 170 Å². The Hall–Kier alpha value is -5.09. The molecular weight excluding hydrogens is 1390 g/mol. The van der Waals surface area contributed by atoms with Crippen LogP contribution in [0.2, 0.25) is 0 Å². The second-order valence-electron chi connectivity index (χ2n) is 27.2. The van der Waals surface area contributed by atoms with E-state index in [0.29, 0.717) is 25.7 Å². The highest BCUT2D eigenvalue weighted by Crippen LogP contribution is 2.45. The normalized spacial score (nSPS) is 14.8. The second kappa shape index (κ2) is 80.4. The molecule has 4 N–H and O–H groups in total. The van der Waals surface area contributed by atoms with Crippen molar-refractivity contribution < 1.29 is 75.8 Å². The number of phosphoric ester groups is 2. The Balaban J connectivity index is 4.66. The lowest BCUT2D eigenvalue weighted by molar-refractivity contribution is -0.161. The highest BCUT2D eigenvalue weighted by Gasteiger charge is 2.29. The molecule has 5 unspecified atom stereocenters. The van der Waals surface area contributed by atoms with Gasteiger partial charge in [-0.05, 0) is 148 Å². The van der Waals surface area contributed by atoms with Crippen molar-refractivity contribution in [3.8, 4) is 0 Å². The number of ether oxygens (including phenoxy) is 3. The number of phosphoric acid groups is 2. The number of carbonyl (C=O) groups is 3. The summed E-state index contributed by atoms with van der Waals surface area (Å²) < 4.78 is 61.1. The fraction of sp³-hybridized carbons (Fsp3) is 0.652. The lowest BCUT2D eigenvalue weighted by atomic mass is 10.0. The van der Waals surface area contributed by atoms with Crippen LogP contribution in [0.25, 0.3) is 0 Å². The van der Waals surface area contributed by atoms with Crippen molar-refractivity contribution in [2.45, 2.75) is 334 Å². The van der Waals surface area contributed by atoms with E-state index < -0.39 is 91.5 Å². The van der Waals surface area contributed by atoms with Gasteiger partial charge in [0.2, 0.25) is 0 Å². The van der Waals surface area contributed by atoms with Crippen LogP contribution in [0.4, 0.5) is 0 Å². The maximum absolute atomic E-state index is 13.0. The van der Waals surface area contributed by atoms with Gasteiger partial charge in [-0.25, -0.2) is 9.13 Å². The van der Waals surface area contributed by atoms with Gasteiger partial charge in [-0.3, -0.25) is 32.5 Å². The van der Waals surface area contributed by atoms with Gasteiger partial charge in [-0.1, -0.05) is 319 Å². The smallest absolute Gasteiger partial charge is 0.463 e. The molecule has 0 heterocycles. The molecule has 18 heteroatoms. The molecule has 610 valence electrons. The fourth-order valence-corrected chi connectivity index (χ4v) is 12.2. The lowest BCUT2D eigenvalue weighted by Crippen LogP contribution is -2.29. The first-order valence-electron chi connectivity index (χ1n) is 41.4. The van der Waals surface area contributed by atoms with Gasteiger partial charge in [0.25, 0.3) is 0 Å². The molecule has 107 heavy (non-hydrogen) atoms. The number of carbonyl (C=O) groups excluding carboxylic acids is 3. The molecule has 0 rings (SSSR count). The summed E-state index contributed by atoms with van der Waals surface area (Å²) in [5.74, 6) is -1.69. The van der Waals surface area contributed by atoms with Crippen molar-refractivity contribution in [1.82, 2.24) is 0 Å². The fourth-order valence-electron chi connectivity index (χ4n) is 10.6. The van der Waals surface area contributed by atoms with Gasteiger partial charge in [0, 0.05) is 19.3 Å². The van der Waals surface area contributed by atoms with Crippen molar-refractivity contribution in [3.05, 3.63) is 170 Å². The van der Waals surface area contributed by atoms with Gasteiger partial charge in [-0.15, -0.1) is 0 Å². The van der Waals surface area contributed by atoms with Gasteiger partial charge >= 0.3 is 33.6 Å². The molecule has 0 aromatic carbocycles. The minimum atomic E-state index is -4.96. The van der Waals surface area contributed by atoms with Crippen LogP contribution in [-0.4, -0.2) is 95.9 Å². The van der Waals surface area contributed by atoms with E-state index in [9.17, 15) is 43.5 Å². The summed E-state index contributed by atoms with van der Waals surface area (Å²) >= 11 is 0. The van der Waals surface area contributed by atoms with Crippen molar-refractivity contribution >= 4 is 33.6 Å². The number of esters is 3. The summed E-state index contributed by atoms with van der Waals surface area (Å²) in [7, 11) is -9.84. The number of allylic oxidation sites excluding steroid dienone is 28. The van der Waals surface area contributed by atoms with Crippen LogP contribution in [0.5, 0.6) is 0 Å². The molecular formula is C89H148O16P2. The zero-order valence-electron chi connectivity index (χ0n) is 66.7. The number of hydrogen-bond acceptors (Lipinski definition) is 14. The monoisotopic (exact) mass is 1540 g/mol. The summed E-state index contributed by atoms with van der Waals surface area (Å²) in [5.41, 5.74) is 0. The van der Waals surface area contributed by atoms with Crippen LogP contribution in [0.3, 0.4) is 0 Å². The molecule has 16 nitrogen and oxygen atoms in total. The summed E-state index contributed by atoms with van der Waals surface area (Å²) in [4.78, 5) is 58.7. The molecule has 0 aromatic rings. The number of unbranched alkanes of at least 4 members (excludes halogenated alkanes) is 26. The van der Waals surface area contributed by atoms with Gasteiger partial charge in [0.05, 0.1) is 26.4 Å². The van der Waals surface area contributed by atoms with Crippen LogP contribution < -0.4 is 0 Å². The van der Waals surface area contributed by atoms with E-state index in [1.807, 2.05) is 18.2 Å². The molecule has 0 aliphatic carbocycles. The summed E-state index contributed by atoms with van der Waals surface area (Å²) in [6.45, 7) is 2.41. The maximum atomic E-state index is 13.0. The molecule has 0 radical (unpaired) electrons. The lowest BCUT2D eigenvalue weighted by Gasteiger charge is -2.21. The highest BCUT2D eigenvalue weighted by atomic mass is 31.2. The molecule has 0 fully saturated rings. The Labute approximate surface area is 650 Å². The van der Waals surface area contributed by atoms with Crippen molar-refractivity contribution in [1.29, 1.82) is 0 Å². The SMILES string of the molecule is CC/C=C\C/C=C\C/C=C\C/C=C\C/C=C\C/C=C\CCC(=O)OC(COC(=O)CCCCCCCCC/C=C\C/C=C\C/C=C\C/C=C\CCCCC)COP(=O)(O)OCC(O)COP(=O)(O)OCC(O)COC(=O)CCCCCCCCCCCCCCC/C=C\C/C=C\C/C=C\C/C=C\CCCCC. The standard InChI is InChI=1S/C89H148O16P2/c1-4-7-10-13-16-19-22-25-28-31-34-36-38-39-40-41-42-43-45-47-49-51-54-57-60-63-66-69-72-75-87(92)99-78-84(90)79-101-106(95,96)102-80-85(91)81-103-107(97,98)104-83-86(105-89(94)77-74-71-68-65-62-59-56-53-48-33-30-27-24-21-18-15-12-9-6-3)82-100-88(93)76-73-70-67-64-61-58-55-52-50-46-44-37-35-32-29-26-23-20-17-14-11-8-5-2/h9,12,16-21,25-30,34-37,39-40,46,48,50,53,59,62,68,71,84-86,90-91H,4-8,10-11,13-15,22-24,31-33,38,41-45,47,49,51-52,54-58,60-61,63-67,69-70,72-83H2,1-3H3,(H,95,96)(H,97,98)/b12-9-,19-16-,20-17-,21-18-,28-25-,29-26-,30-27-,36-34-,37-35-,40-39-,50-46-,53-48-,62-59-,71-68-. The summed E-state index contributed by atoms with van der Waals surface area (Å²) in [6, 6.07) is 0. The summed E-state index contributed by atoms with van der Waals surface area (Å²) in [6.07, 6.45) is 103. The third-order valence-corrected chi connectivity index (χ3v) is 18.8. The first-order chi connectivity index (χ1) is 52.2. The van der Waals surface area contributed by atoms with E-state index in [4.69, 9.17) is 32.3 Å². The number of aliphatic hydroxyl groups is 2. The Morgan fingerprint density at radius 3 is 0.822 bits per heavy atom. The molecule has 0 saturated heterocycles. The molecule has 5 atom stereocenters. The molecule has 0 saturated carbocycles. The zero-order valence-corrected chi connectivity index (χ0v) is 68.5. The predicted octanol–water partition coefficient (Wildman–Crippen LogP) is 24.8. The first kappa shape index (κ1) is 102. The Bertz CT molecular complexity index is 2620. The van der Waals surface area contributed by atoms with Gasteiger partial charge in [-0.2, -0.15) is 0 Å². The van der Waals surface area contributed by atoms with E-state index in [1.165, 1.54) is 109 Å². The largest absolute Gasteiger partial charge is 0.472 e.